The third kappa shape index (κ3) is 7.85. The fourth-order valence-corrected chi connectivity index (χ4v) is 1.55. The van der Waals surface area contributed by atoms with E-state index < -0.39 is 18.1 Å². The van der Waals surface area contributed by atoms with Gasteiger partial charge in [0.25, 0.3) is 0 Å². The van der Waals surface area contributed by atoms with E-state index in [2.05, 4.69) is 16.0 Å². The van der Waals surface area contributed by atoms with Crippen LogP contribution in [-0.4, -0.2) is 43.3 Å². The largest absolute Gasteiger partial charge is 0.464 e. The molecule has 1 N–H and O–H groups in total. The summed E-state index contributed by atoms with van der Waals surface area (Å²) in [5.41, 5.74) is 0. The lowest BCUT2D eigenvalue weighted by atomic mass is 10.2. The summed E-state index contributed by atoms with van der Waals surface area (Å²) in [5.74, 6) is 2.47. The summed E-state index contributed by atoms with van der Waals surface area (Å²) in [6.07, 6.45) is 7.42. The number of carbonyl (C=O) groups is 2. The number of ether oxygens (including phenoxy) is 2. The lowest BCUT2D eigenvalue weighted by molar-refractivity contribution is -0.146. The molecule has 0 bridgehead atoms. The second kappa shape index (κ2) is 10.8. The van der Waals surface area contributed by atoms with Crippen LogP contribution >= 0.6 is 11.8 Å². The summed E-state index contributed by atoms with van der Waals surface area (Å²) in [7, 11) is 0. The number of thioether (sulfide) groups is 1. The Balaban J connectivity index is 4.25. The normalized spacial score (nSPS) is 11.2. The molecule has 0 saturated heterocycles. The number of amides is 1. The molecule has 5 nitrogen and oxygen atoms in total. The number of carbonyl (C=O) groups excluding carboxylic acids is 2. The highest BCUT2D eigenvalue weighted by molar-refractivity contribution is 7.98. The Morgan fingerprint density at radius 1 is 1.44 bits per heavy atom. The van der Waals surface area contributed by atoms with Crippen LogP contribution in [0.3, 0.4) is 0 Å². The molecule has 18 heavy (non-hydrogen) atoms. The van der Waals surface area contributed by atoms with Crippen molar-refractivity contribution in [1.29, 1.82) is 0 Å². The van der Waals surface area contributed by atoms with E-state index in [4.69, 9.17) is 11.2 Å². The molecule has 102 valence electrons. The molecule has 0 aromatic carbocycles. The maximum Gasteiger partial charge on any atom is 0.408 e. The van der Waals surface area contributed by atoms with Gasteiger partial charge in [0.15, 0.2) is 6.61 Å². The van der Waals surface area contributed by atoms with E-state index >= 15 is 0 Å². The zero-order chi connectivity index (χ0) is 13.8. The molecule has 0 radical (unpaired) electrons. The van der Waals surface area contributed by atoms with Crippen LogP contribution in [0.25, 0.3) is 0 Å². The van der Waals surface area contributed by atoms with Gasteiger partial charge in [-0.15, -0.1) is 6.42 Å². The molecule has 1 unspecified atom stereocenters. The number of esters is 1. The van der Waals surface area contributed by atoms with Gasteiger partial charge < -0.3 is 14.8 Å². The number of hydrogen-bond acceptors (Lipinski definition) is 5. The van der Waals surface area contributed by atoms with Crippen molar-refractivity contribution in [3.05, 3.63) is 0 Å². The van der Waals surface area contributed by atoms with Gasteiger partial charge >= 0.3 is 12.1 Å². The molecular formula is C12H19NO4S. The monoisotopic (exact) mass is 273 g/mol. The van der Waals surface area contributed by atoms with Crippen LogP contribution in [0.2, 0.25) is 0 Å². The summed E-state index contributed by atoms with van der Waals surface area (Å²) in [6, 6.07) is -0.686. The minimum Gasteiger partial charge on any atom is -0.464 e. The van der Waals surface area contributed by atoms with Gasteiger partial charge in [0.05, 0.1) is 6.61 Å². The van der Waals surface area contributed by atoms with Gasteiger partial charge in [-0.05, 0) is 24.9 Å². The van der Waals surface area contributed by atoms with E-state index in [0.717, 1.165) is 12.2 Å². The second-order valence-electron chi connectivity index (χ2n) is 3.43. The number of nitrogens with one attached hydrogen (secondary N) is 1. The predicted molar refractivity (Wildman–Crippen MR) is 71.4 cm³/mol. The van der Waals surface area contributed by atoms with Crippen LogP contribution < -0.4 is 5.32 Å². The smallest absolute Gasteiger partial charge is 0.408 e. The Hall–Kier alpha value is -1.35. The lowest BCUT2D eigenvalue weighted by Crippen LogP contribution is -2.42. The Morgan fingerprint density at radius 3 is 2.72 bits per heavy atom. The van der Waals surface area contributed by atoms with Gasteiger partial charge in [-0.2, -0.15) is 11.8 Å². The highest BCUT2D eigenvalue weighted by Gasteiger charge is 2.22. The van der Waals surface area contributed by atoms with Crippen LogP contribution in [0, 0.1) is 12.3 Å². The first-order valence-electron chi connectivity index (χ1n) is 5.68. The Kier molecular flexibility index (Phi) is 9.97. The molecule has 1 atom stereocenters. The van der Waals surface area contributed by atoms with Crippen molar-refractivity contribution in [2.75, 3.05) is 25.2 Å². The standard InChI is InChI=1S/C12H19NO4S/c1-4-7-16-11(14)10(6-9-18-3)13-12(15)17-8-5-2/h2,10H,4,6-9H2,1,3H3,(H,13,15). The molecule has 0 rings (SSSR count). The number of terminal acetylenes is 1. The van der Waals surface area contributed by atoms with Crippen molar-refractivity contribution in [3.63, 3.8) is 0 Å². The fraction of sp³-hybridized carbons (Fsp3) is 0.667. The van der Waals surface area contributed by atoms with E-state index in [9.17, 15) is 9.59 Å². The Labute approximate surface area is 112 Å². The van der Waals surface area contributed by atoms with E-state index in [1.54, 1.807) is 11.8 Å². The first kappa shape index (κ1) is 16.6. The summed E-state index contributed by atoms with van der Waals surface area (Å²) in [4.78, 5) is 23.0. The highest BCUT2D eigenvalue weighted by atomic mass is 32.2. The minimum absolute atomic E-state index is 0.120. The maximum absolute atomic E-state index is 11.7. The highest BCUT2D eigenvalue weighted by Crippen LogP contribution is 2.03. The van der Waals surface area contributed by atoms with Crippen molar-refractivity contribution >= 4 is 23.8 Å². The van der Waals surface area contributed by atoms with E-state index in [-0.39, 0.29) is 6.61 Å². The molecule has 0 aromatic heterocycles. The minimum atomic E-state index is -0.701. The van der Waals surface area contributed by atoms with Crippen LogP contribution in [-0.2, 0) is 14.3 Å². The fourth-order valence-electron chi connectivity index (χ4n) is 1.08. The number of hydrogen-bond donors (Lipinski definition) is 1. The van der Waals surface area contributed by atoms with E-state index in [1.165, 1.54) is 0 Å². The molecule has 0 heterocycles. The maximum atomic E-state index is 11.7. The zero-order valence-corrected chi connectivity index (χ0v) is 11.5. The second-order valence-corrected chi connectivity index (χ2v) is 4.41. The van der Waals surface area contributed by atoms with Crippen LogP contribution in [0.4, 0.5) is 4.79 Å². The molecule has 6 heteroatoms. The molecule has 0 saturated carbocycles. The van der Waals surface area contributed by atoms with E-state index in [1.807, 2.05) is 13.2 Å². The molecule has 0 aliphatic rings. The first-order chi connectivity index (χ1) is 8.65. The third-order valence-electron chi connectivity index (χ3n) is 1.92. The average Bonchev–Trinajstić information content (AvgIpc) is 2.38. The van der Waals surface area contributed by atoms with Crippen LogP contribution in [0.1, 0.15) is 19.8 Å². The molecule has 0 spiro atoms. The topological polar surface area (TPSA) is 64.6 Å². The molecule has 0 aliphatic carbocycles. The number of alkyl carbamates (subject to hydrolysis) is 1. The first-order valence-corrected chi connectivity index (χ1v) is 7.07. The summed E-state index contributed by atoms with van der Waals surface area (Å²) >= 11 is 1.58. The van der Waals surface area contributed by atoms with Gasteiger partial charge in [0, 0.05) is 0 Å². The summed E-state index contributed by atoms with van der Waals surface area (Å²) < 4.78 is 9.65. The van der Waals surface area contributed by atoms with Gasteiger partial charge in [-0.3, -0.25) is 0 Å². The van der Waals surface area contributed by atoms with Crippen molar-refractivity contribution < 1.29 is 19.1 Å². The lowest BCUT2D eigenvalue weighted by Gasteiger charge is -2.16. The number of rotatable bonds is 8. The van der Waals surface area contributed by atoms with Gasteiger partial charge in [0.2, 0.25) is 0 Å². The van der Waals surface area contributed by atoms with Crippen molar-refractivity contribution in [3.8, 4) is 12.3 Å². The van der Waals surface area contributed by atoms with Gasteiger partial charge in [0.1, 0.15) is 6.04 Å². The molecule has 0 fully saturated rings. The molecule has 0 aromatic rings. The summed E-state index contributed by atoms with van der Waals surface area (Å²) in [6.45, 7) is 2.12. The Morgan fingerprint density at radius 2 is 2.17 bits per heavy atom. The van der Waals surface area contributed by atoms with Crippen LogP contribution in [0.5, 0.6) is 0 Å². The predicted octanol–water partition coefficient (Wildman–Crippen LogP) is 1.42. The third-order valence-corrected chi connectivity index (χ3v) is 2.57. The molecule has 0 aliphatic heterocycles. The van der Waals surface area contributed by atoms with E-state index in [0.29, 0.717) is 13.0 Å². The van der Waals surface area contributed by atoms with Gasteiger partial charge in [-0.1, -0.05) is 12.8 Å². The van der Waals surface area contributed by atoms with Crippen LogP contribution in [0.15, 0.2) is 0 Å². The van der Waals surface area contributed by atoms with Crippen molar-refractivity contribution in [1.82, 2.24) is 5.32 Å². The average molecular weight is 273 g/mol. The van der Waals surface area contributed by atoms with Gasteiger partial charge in [-0.25, -0.2) is 9.59 Å². The molecule has 1 amide bonds. The van der Waals surface area contributed by atoms with Crippen molar-refractivity contribution in [2.45, 2.75) is 25.8 Å². The quantitative estimate of drug-likeness (QED) is 0.535. The molecular weight excluding hydrogens is 254 g/mol. The SMILES string of the molecule is C#CCOC(=O)NC(CCSC)C(=O)OCCC. The summed E-state index contributed by atoms with van der Waals surface area (Å²) in [5, 5.41) is 2.45. The zero-order valence-electron chi connectivity index (χ0n) is 10.7. The van der Waals surface area contributed by atoms with Crippen molar-refractivity contribution in [2.24, 2.45) is 0 Å². The Bertz CT molecular complexity index is 301.